The van der Waals surface area contributed by atoms with E-state index in [1.165, 1.54) is 6.07 Å². The first-order valence-corrected chi connectivity index (χ1v) is 5.77. The van der Waals surface area contributed by atoms with Crippen molar-refractivity contribution >= 4 is 11.8 Å². The smallest absolute Gasteiger partial charge is 0.127 e. The summed E-state index contributed by atoms with van der Waals surface area (Å²) in [6.45, 7) is 1.18. The number of thioether (sulfide) groups is 1. The fourth-order valence-electron chi connectivity index (χ4n) is 1.08. The van der Waals surface area contributed by atoms with Gasteiger partial charge in [-0.2, -0.15) is 11.8 Å². The molecule has 1 N–H and O–H groups in total. The zero-order chi connectivity index (χ0) is 10.4. The predicted molar refractivity (Wildman–Crippen MR) is 56.4 cm³/mol. The van der Waals surface area contributed by atoms with Gasteiger partial charge in [0.2, 0.25) is 0 Å². The van der Waals surface area contributed by atoms with Crippen LogP contribution in [0, 0.1) is 11.6 Å². The first-order valence-electron chi connectivity index (χ1n) is 4.37. The van der Waals surface area contributed by atoms with E-state index < -0.39 is 5.82 Å². The molecule has 4 heteroatoms. The minimum Gasteiger partial charge on any atom is -0.312 e. The molecule has 0 spiro atoms. The van der Waals surface area contributed by atoms with Gasteiger partial charge in [0.1, 0.15) is 11.6 Å². The summed E-state index contributed by atoms with van der Waals surface area (Å²) in [7, 11) is 0. The zero-order valence-corrected chi connectivity index (χ0v) is 8.83. The molecule has 78 valence electrons. The topological polar surface area (TPSA) is 12.0 Å². The van der Waals surface area contributed by atoms with Gasteiger partial charge in [-0.1, -0.05) is 0 Å². The van der Waals surface area contributed by atoms with E-state index in [2.05, 4.69) is 5.32 Å². The van der Waals surface area contributed by atoms with E-state index in [9.17, 15) is 8.78 Å². The largest absolute Gasteiger partial charge is 0.312 e. The molecule has 0 unspecified atom stereocenters. The molecule has 0 aliphatic heterocycles. The van der Waals surface area contributed by atoms with Gasteiger partial charge in [0.25, 0.3) is 0 Å². The van der Waals surface area contributed by atoms with Crippen LogP contribution in [0.15, 0.2) is 18.2 Å². The summed E-state index contributed by atoms with van der Waals surface area (Å²) >= 11 is 1.71. The summed E-state index contributed by atoms with van der Waals surface area (Å²) < 4.78 is 25.8. The van der Waals surface area contributed by atoms with Gasteiger partial charge in [0.05, 0.1) is 0 Å². The molecule has 0 radical (unpaired) electrons. The third kappa shape index (κ3) is 3.64. The normalized spacial score (nSPS) is 10.5. The summed E-state index contributed by atoms with van der Waals surface area (Å²) in [5.41, 5.74) is 0.381. The Bertz CT molecular complexity index is 291. The van der Waals surface area contributed by atoms with Gasteiger partial charge in [-0.05, 0) is 24.5 Å². The quantitative estimate of drug-likeness (QED) is 0.760. The van der Waals surface area contributed by atoms with E-state index in [1.807, 2.05) is 6.26 Å². The molecular weight excluding hydrogens is 204 g/mol. The Morgan fingerprint density at radius 2 is 2.14 bits per heavy atom. The Morgan fingerprint density at radius 1 is 1.36 bits per heavy atom. The molecule has 0 heterocycles. The van der Waals surface area contributed by atoms with Crippen molar-refractivity contribution in [1.82, 2.24) is 5.32 Å². The van der Waals surface area contributed by atoms with Gasteiger partial charge in [0, 0.05) is 24.4 Å². The second-order valence-corrected chi connectivity index (χ2v) is 3.89. The molecule has 14 heavy (non-hydrogen) atoms. The van der Waals surface area contributed by atoms with Crippen LogP contribution in [0.3, 0.4) is 0 Å². The summed E-state index contributed by atoms with van der Waals surface area (Å²) in [5, 5.41) is 3.04. The Hall–Kier alpha value is -0.610. The van der Waals surface area contributed by atoms with Crippen molar-refractivity contribution in [3.8, 4) is 0 Å². The van der Waals surface area contributed by atoms with Crippen LogP contribution < -0.4 is 5.32 Å². The number of halogens is 2. The van der Waals surface area contributed by atoms with Crippen LogP contribution in [0.4, 0.5) is 8.78 Å². The third-order valence-corrected chi connectivity index (χ3v) is 2.42. The molecule has 0 amide bonds. The van der Waals surface area contributed by atoms with E-state index >= 15 is 0 Å². The molecule has 0 saturated heterocycles. The lowest BCUT2D eigenvalue weighted by atomic mass is 10.2. The van der Waals surface area contributed by atoms with Gasteiger partial charge in [0.15, 0.2) is 0 Å². The SMILES string of the molecule is CSCCNCc1cc(F)ccc1F. The third-order valence-electron chi connectivity index (χ3n) is 1.81. The number of nitrogens with one attached hydrogen (secondary N) is 1. The molecular formula is C10H13F2NS. The van der Waals surface area contributed by atoms with Crippen molar-refractivity contribution in [3.05, 3.63) is 35.4 Å². The highest BCUT2D eigenvalue weighted by molar-refractivity contribution is 7.98. The Morgan fingerprint density at radius 3 is 2.86 bits per heavy atom. The maximum atomic E-state index is 13.1. The van der Waals surface area contributed by atoms with Crippen LogP contribution >= 0.6 is 11.8 Å². The number of benzene rings is 1. The lowest BCUT2D eigenvalue weighted by molar-refractivity contribution is 0.573. The maximum Gasteiger partial charge on any atom is 0.127 e. The number of hydrogen-bond acceptors (Lipinski definition) is 2. The van der Waals surface area contributed by atoms with E-state index in [1.54, 1.807) is 11.8 Å². The molecule has 1 rings (SSSR count). The van der Waals surface area contributed by atoms with Crippen molar-refractivity contribution in [3.63, 3.8) is 0 Å². The van der Waals surface area contributed by atoms with E-state index in [0.29, 0.717) is 12.1 Å². The minimum absolute atomic E-state index is 0.358. The Balaban J connectivity index is 2.45. The van der Waals surface area contributed by atoms with Gasteiger partial charge in [-0.25, -0.2) is 8.78 Å². The minimum atomic E-state index is -0.395. The lowest BCUT2D eigenvalue weighted by Crippen LogP contribution is -2.17. The van der Waals surface area contributed by atoms with Crippen LogP contribution in [0.5, 0.6) is 0 Å². The monoisotopic (exact) mass is 217 g/mol. The van der Waals surface area contributed by atoms with E-state index in [0.717, 1.165) is 24.4 Å². The fourth-order valence-corrected chi connectivity index (χ4v) is 1.42. The number of hydrogen-bond donors (Lipinski definition) is 1. The summed E-state index contributed by atoms with van der Waals surface area (Å²) in [4.78, 5) is 0. The van der Waals surface area contributed by atoms with Crippen LogP contribution in [-0.4, -0.2) is 18.6 Å². The van der Waals surface area contributed by atoms with Gasteiger partial charge >= 0.3 is 0 Å². The fraction of sp³-hybridized carbons (Fsp3) is 0.400. The zero-order valence-electron chi connectivity index (χ0n) is 8.02. The Kier molecular flexibility index (Phi) is 4.90. The lowest BCUT2D eigenvalue weighted by Gasteiger charge is -2.04. The summed E-state index contributed by atoms with van der Waals surface area (Å²) in [5.74, 6) is 0.216. The van der Waals surface area contributed by atoms with Crippen LogP contribution in [-0.2, 0) is 6.54 Å². The maximum absolute atomic E-state index is 13.1. The number of rotatable bonds is 5. The van der Waals surface area contributed by atoms with Gasteiger partial charge < -0.3 is 5.32 Å². The average molecular weight is 217 g/mol. The van der Waals surface area contributed by atoms with Crippen LogP contribution in [0.2, 0.25) is 0 Å². The molecule has 0 atom stereocenters. The van der Waals surface area contributed by atoms with Gasteiger partial charge in [-0.15, -0.1) is 0 Å². The molecule has 0 saturated carbocycles. The first kappa shape index (κ1) is 11.5. The highest BCUT2D eigenvalue weighted by Gasteiger charge is 2.02. The summed E-state index contributed by atoms with van der Waals surface area (Å²) in [6, 6.07) is 3.50. The predicted octanol–water partition coefficient (Wildman–Crippen LogP) is 2.42. The van der Waals surface area contributed by atoms with Gasteiger partial charge in [-0.3, -0.25) is 0 Å². The molecule has 1 aromatic carbocycles. The van der Waals surface area contributed by atoms with Crippen LogP contribution in [0.1, 0.15) is 5.56 Å². The van der Waals surface area contributed by atoms with Crippen LogP contribution in [0.25, 0.3) is 0 Å². The standard InChI is InChI=1S/C10H13F2NS/c1-14-5-4-13-7-8-6-9(11)2-3-10(8)12/h2-3,6,13H,4-5,7H2,1H3. The highest BCUT2D eigenvalue weighted by atomic mass is 32.2. The van der Waals surface area contributed by atoms with E-state index in [4.69, 9.17) is 0 Å². The Labute approximate surface area is 86.9 Å². The van der Waals surface area contributed by atoms with E-state index in [-0.39, 0.29) is 5.82 Å². The molecule has 0 bridgehead atoms. The average Bonchev–Trinajstić information content (AvgIpc) is 2.18. The molecule has 0 aliphatic carbocycles. The van der Waals surface area contributed by atoms with Crippen molar-refractivity contribution in [2.45, 2.75) is 6.54 Å². The van der Waals surface area contributed by atoms with Crippen molar-refractivity contribution in [2.24, 2.45) is 0 Å². The summed E-state index contributed by atoms with van der Waals surface area (Å²) in [6.07, 6.45) is 2.00. The van der Waals surface area contributed by atoms with Crippen molar-refractivity contribution < 1.29 is 8.78 Å². The molecule has 1 nitrogen and oxygen atoms in total. The van der Waals surface area contributed by atoms with Crippen molar-refractivity contribution in [2.75, 3.05) is 18.6 Å². The highest BCUT2D eigenvalue weighted by Crippen LogP contribution is 2.08. The van der Waals surface area contributed by atoms with Crippen molar-refractivity contribution in [1.29, 1.82) is 0 Å². The molecule has 0 aromatic heterocycles. The molecule has 0 fully saturated rings. The molecule has 0 aliphatic rings. The second kappa shape index (κ2) is 5.98. The second-order valence-electron chi connectivity index (χ2n) is 2.91. The molecule has 1 aromatic rings. The first-order chi connectivity index (χ1) is 6.74.